The molecule has 2 aromatic rings. The molecule has 5 nitrogen and oxygen atoms in total. The largest absolute Gasteiger partial charge is 0.462 e. The Kier molecular flexibility index (Phi) is 6.89. The highest BCUT2D eigenvalue weighted by Crippen LogP contribution is 2.12. The van der Waals surface area contributed by atoms with Crippen molar-refractivity contribution >= 4 is 23.3 Å². The molecule has 0 aromatic heterocycles. The highest BCUT2D eigenvalue weighted by atomic mass is 16.5. The fourth-order valence-electron chi connectivity index (χ4n) is 2.16. The van der Waals surface area contributed by atoms with E-state index >= 15 is 0 Å². The minimum atomic E-state index is -0.396. The van der Waals surface area contributed by atoms with Crippen molar-refractivity contribution in [3.63, 3.8) is 0 Å². The Balaban J connectivity index is 1.87. The first-order chi connectivity index (χ1) is 12.1. The third kappa shape index (κ3) is 5.88. The van der Waals surface area contributed by atoms with E-state index in [1.807, 2.05) is 13.0 Å². The molecule has 0 spiro atoms. The van der Waals surface area contributed by atoms with Crippen molar-refractivity contribution in [2.45, 2.75) is 26.2 Å². The summed E-state index contributed by atoms with van der Waals surface area (Å²) in [6, 6.07) is 15.1. The second-order valence-electron chi connectivity index (χ2n) is 5.58. The van der Waals surface area contributed by atoms with E-state index in [1.165, 1.54) is 0 Å². The van der Waals surface area contributed by atoms with Gasteiger partial charge in [-0.25, -0.2) is 4.79 Å². The van der Waals surface area contributed by atoms with E-state index in [-0.39, 0.29) is 18.2 Å². The number of anilines is 1. The van der Waals surface area contributed by atoms with E-state index < -0.39 is 5.91 Å². The van der Waals surface area contributed by atoms with Crippen LogP contribution >= 0.6 is 0 Å². The molecule has 0 aliphatic heterocycles. The third-order valence-corrected chi connectivity index (χ3v) is 3.55. The Bertz CT molecular complexity index is 723. The second kappa shape index (κ2) is 9.37. The molecule has 2 rings (SSSR count). The molecule has 0 saturated carbocycles. The first-order valence-corrected chi connectivity index (χ1v) is 8.25. The number of ketones is 1. The van der Waals surface area contributed by atoms with Gasteiger partial charge in [-0.3, -0.25) is 9.59 Å². The Morgan fingerprint density at radius 2 is 1.60 bits per heavy atom. The molecule has 0 atom stereocenters. The molecular weight excluding hydrogens is 318 g/mol. The van der Waals surface area contributed by atoms with Crippen molar-refractivity contribution in [2.24, 2.45) is 0 Å². The number of nitrogens with one attached hydrogen (secondary N) is 1. The first-order valence-electron chi connectivity index (χ1n) is 8.25. The maximum Gasteiger partial charge on any atom is 0.338 e. The summed E-state index contributed by atoms with van der Waals surface area (Å²) in [5, 5.41) is 2.65. The highest BCUT2D eigenvalue weighted by molar-refractivity contribution is 6.11. The van der Waals surface area contributed by atoms with E-state index in [0.717, 1.165) is 12.8 Å². The maximum absolute atomic E-state index is 12.0. The number of benzene rings is 2. The molecule has 130 valence electrons. The average Bonchev–Trinajstić information content (AvgIpc) is 2.63. The minimum Gasteiger partial charge on any atom is -0.462 e. The van der Waals surface area contributed by atoms with Gasteiger partial charge < -0.3 is 10.1 Å². The summed E-state index contributed by atoms with van der Waals surface area (Å²) in [4.78, 5) is 35.8. The number of rotatable bonds is 8. The molecule has 0 saturated heterocycles. The van der Waals surface area contributed by atoms with Gasteiger partial charge in [0.05, 0.1) is 18.6 Å². The zero-order valence-corrected chi connectivity index (χ0v) is 14.2. The van der Waals surface area contributed by atoms with Crippen molar-refractivity contribution in [2.75, 3.05) is 11.9 Å². The second-order valence-corrected chi connectivity index (χ2v) is 5.58. The third-order valence-electron chi connectivity index (χ3n) is 3.55. The minimum absolute atomic E-state index is 0.231. The van der Waals surface area contributed by atoms with Crippen LogP contribution in [0.4, 0.5) is 5.69 Å². The van der Waals surface area contributed by atoms with Crippen LogP contribution in [0, 0.1) is 0 Å². The van der Waals surface area contributed by atoms with Crippen LogP contribution in [0.2, 0.25) is 0 Å². The Hall–Kier alpha value is -2.95. The van der Waals surface area contributed by atoms with Gasteiger partial charge in [0.25, 0.3) is 0 Å². The molecule has 0 radical (unpaired) electrons. The van der Waals surface area contributed by atoms with Gasteiger partial charge in [-0.2, -0.15) is 0 Å². The lowest BCUT2D eigenvalue weighted by Crippen LogP contribution is -2.16. The smallest absolute Gasteiger partial charge is 0.338 e. The molecule has 0 fully saturated rings. The van der Waals surface area contributed by atoms with E-state index in [4.69, 9.17) is 4.74 Å². The number of ether oxygens (including phenoxy) is 1. The average molecular weight is 339 g/mol. The van der Waals surface area contributed by atoms with Crippen LogP contribution in [0.1, 0.15) is 46.9 Å². The molecule has 0 unspecified atom stereocenters. The number of hydrogen-bond donors (Lipinski definition) is 1. The molecule has 25 heavy (non-hydrogen) atoms. The fraction of sp³-hybridized carbons (Fsp3) is 0.250. The molecule has 0 heterocycles. The number of carbonyl (C=O) groups excluding carboxylic acids is 3. The summed E-state index contributed by atoms with van der Waals surface area (Å²) in [5.74, 6) is -1.02. The van der Waals surface area contributed by atoms with E-state index in [0.29, 0.717) is 23.4 Å². The van der Waals surface area contributed by atoms with Crippen LogP contribution in [0.15, 0.2) is 54.6 Å². The summed E-state index contributed by atoms with van der Waals surface area (Å²) in [7, 11) is 0. The van der Waals surface area contributed by atoms with Gasteiger partial charge in [0.1, 0.15) is 0 Å². The lowest BCUT2D eigenvalue weighted by atomic mass is 10.1. The molecule has 1 N–H and O–H groups in total. The van der Waals surface area contributed by atoms with Gasteiger partial charge in [-0.1, -0.05) is 43.7 Å². The quantitative estimate of drug-likeness (QED) is 0.343. The molecule has 0 aliphatic rings. The van der Waals surface area contributed by atoms with Gasteiger partial charge in [-0.15, -0.1) is 0 Å². The Morgan fingerprint density at radius 3 is 2.24 bits per heavy atom. The summed E-state index contributed by atoms with van der Waals surface area (Å²) >= 11 is 0. The van der Waals surface area contributed by atoms with Crippen LogP contribution in [0.25, 0.3) is 0 Å². The van der Waals surface area contributed by atoms with Gasteiger partial charge >= 0.3 is 5.97 Å². The van der Waals surface area contributed by atoms with Crippen LogP contribution in [0.3, 0.4) is 0 Å². The van der Waals surface area contributed by atoms with E-state index in [1.54, 1.807) is 48.5 Å². The van der Waals surface area contributed by atoms with Crippen molar-refractivity contribution in [3.8, 4) is 0 Å². The zero-order valence-electron chi connectivity index (χ0n) is 14.2. The van der Waals surface area contributed by atoms with Gasteiger partial charge in [0.15, 0.2) is 5.78 Å². The number of carbonyl (C=O) groups is 3. The number of amides is 1. The van der Waals surface area contributed by atoms with Gasteiger partial charge in [-0.05, 0) is 30.7 Å². The number of unbranched alkanes of at least 4 members (excludes halogenated alkanes) is 1. The van der Waals surface area contributed by atoms with Crippen molar-refractivity contribution in [3.05, 3.63) is 65.7 Å². The number of esters is 1. The topological polar surface area (TPSA) is 72.5 Å². The first kappa shape index (κ1) is 18.4. The monoisotopic (exact) mass is 339 g/mol. The standard InChI is InChI=1S/C20H21NO4/c1-2-3-13-25-20(24)16-9-11-17(12-10-16)21-19(23)14-18(22)15-7-5-4-6-8-15/h4-12H,2-3,13-14H2,1H3,(H,21,23). The summed E-state index contributed by atoms with van der Waals surface area (Å²) < 4.78 is 5.12. The van der Waals surface area contributed by atoms with Crippen molar-refractivity contribution in [1.29, 1.82) is 0 Å². The fourth-order valence-corrected chi connectivity index (χ4v) is 2.16. The van der Waals surface area contributed by atoms with Gasteiger partial charge in [0.2, 0.25) is 5.91 Å². The van der Waals surface area contributed by atoms with Crippen LogP contribution < -0.4 is 5.32 Å². The summed E-state index contributed by atoms with van der Waals surface area (Å²) in [5.41, 5.74) is 1.45. The molecular formula is C20H21NO4. The lowest BCUT2D eigenvalue weighted by molar-refractivity contribution is -0.115. The van der Waals surface area contributed by atoms with E-state index in [9.17, 15) is 14.4 Å². The lowest BCUT2D eigenvalue weighted by Gasteiger charge is -2.07. The predicted molar refractivity (Wildman–Crippen MR) is 95.7 cm³/mol. The Morgan fingerprint density at radius 1 is 0.920 bits per heavy atom. The van der Waals surface area contributed by atoms with Crippen LogP contribution in [0.5, 0.6) is 0 Å². The molecule has 2 aromatic carbocycles. The van der Waals surface area contributed by atoms with Crippen molar-refractivity contribution in [1.82, 2.24) is 0 Å². The van der Waals surface area contributed by atoms with Crippen molar-refractivity contribution < 1.29 is 19.1 Å². The molecule has 0 bridgehead atoms. The molecule has 5 heteroatoms. The van der Waals surface area contributed by atoms with Crippen LogP contribution in [-0.2, 0) is 9.53 Å². The normalized spacial score (nSPS) is 10.1. The SMILES string of the molecule is CCCCOC(=O)c1ccc(NC(=O)CC(=O)c2ccccc2)cc1. The van der Waals surface area contributed by atoms with E-state index in [2.05, 4.69) is 5.32 Å². The summed E-state index contributed by atoms with van der Waals surface area (Å²) in [6.45, 7) is 2.42. The van der Waals surface area contributed by atoms with Crippen LogP contribution in [-0.4, -0.2) is 24.3 Å². The maximum atomic E-state index is 12.0. The Labute approximate surface area is 147 Å². The molecule has 1 amide bonds. The number of Topliss-reactive ketones (excluding diaryl/α,β-unsaturated/α-hetero) is 1. The molecule has 0 aliphatic carbocycles. The number of hydrogen-bond acceptors (Lipinski definition) is 4. The zero-order chi connectivity index (χ0) is 18.1. The predicted octanol–water partition coefficient (Wildman–Crippen LogP) is 3.86. The highest BCUT2D eigenvalue weighted by Gasteiger charge is 2.12. The van der Waals surface area contributed by atoms with Gasteiger partial charge in [0, 0.05) is 11.3 Å². The summed E-state index contributed by atoms with van der Waals surface area (Å²) in [6.07, 6.45) is 1.56.